The molecule has 0 saturated heterocycles. The van der Waals surface area contributed by atoms with Crippen molar-refractivity contribution in [3.63, 3.8) is 0 Å². The summed E-state index contributed by atoms with van der Waals surface area (Å²) in [7, 11) is 0. The van der Waals surface area contributed by atoms with Gasteiger partial charge in [0.15, 0.2) is 0 Å². The molecule has 2 nitrogen and oxygen atoms in total. The summed E-state index contributed by atoms with van der Waals surface area (Å²) in [5.74, 6) is 0.196. The molecule has 1 amide bonds. The molecule has 0 aliphatic heterocycles. The lowest BCUT2D eigenvalue weighted by Crippen LogP contribution is -2.37. The zero-order valence-electron chi connectivity index (χ0n) is 8.05. The third-order valence-electron chi connectivity index (χ3n) is 1.99. The van der Waals surface area contributed by atoms with Gasteiger partial charge >= 0.3 is 0 Å². The molecule has 11 heavy (non-hydrogen) atoms. The van der Waals surface area contributed by atoms with Gasteiger partial charge < -0.3 is 4.90 Å². The molecule has 0 saturated carbocycles. The highest BCUT2D eigenvalue weighted by Crippen LogP contribution is 2.04. The molecule has 0 aromatic rings. The van der Waals surface area contributed by atoms with E-state index in [2.05, 4.69) is 20.8 Å². The average molecular weight is 157 g/mol. The summed E-state index contributed by atoms with van der Waals surface area (Å²) in [6, 6.07) is 0.396. The van der Waals surface area contributed by atoms with Crippen LogP contribution in [0.2, 0.25) is 0 Å². The zero-order chi connectivity index (χ0) is 8.85. The molecule has 1 unspecified atom stereocenters. The number of amides is 1. The Balaban J connectivity index is 3.97. The van der Waals surface area contributed by atoms with Crippen LogP contribution in [-0.2, 0) is 4.79 Å². The SMILES string of the molecule is CCCN(C(C)=O)C(C)CC. The molecule has 0 bridgehead atoms. The summed E-state index contributed by atoms with van der Waals surface area (Å²) in [6.07, 6.45) is 2.09. The molecule has 0 N–H and O–H groups in total. The molecule has 66 valence electrons. The largest absolute Gasteiger partial charge is 0.340 e. The second-order valence-electron chi connectivity index (χ2n) is 2.97. The maximum Gasteiger partial charge on any atom is 0.219 e. The average Bonchev–Trinajstić information content (AvgIpc) is 1.98. The quantitative estimate of drug-likeness (QED) is 0.611. The Kier molecular flexibility index (Phi) is 4.92. The second-order valence-corrected chi connectivity index (χ2v) is 2.97. The molecular weight excluding hydrogens is 138 g/mol. The Morgan fingerprint density at radius 2 is 2.00 bits per heavy atom. The number of hydrogen-bond donors (Lipinski definition) is 0. The lowest BCUT2D eigenvalue weighted by Gasteiger charge is -2.26. The van der Waals surface area contributed by atoms with Gasteiger partial charge in [0.25, 0.3) is 0 Å². The van der Waals surface area contributed by atoms with Crippen LogP contribution in [0.5, 0.6) is 0 Å². The van der Waals surface area contributed by atoms with Crippen molar-refractivity contribution in [1.29, 1.82) is 0 Å². The summed E-state index contributed by atoms with van der Waals surface area (Å²) in [6.45, 7) is 8.83. The van der Waals surface area contributed by atoms with Crippen molar-refractivity contribution in [2.45, 2.75) is 46.6 Å². The molecule has 1 atom stereocenters. The van der Waals surface area contributed by atoms with Crippen LogP contribution in [0.15, 0.2) is 0 Å². The molecule has 0 heterocycles. The standard InChI is InChI=1S/C9H19NO/c1-5-7-10(9(4)11)8(3)6-2/h8H,5-7H2,1-4H3. The summed E-state index contributed by atoms with van der Waals surface area (Å²) < 4.78 is 0. The Bertz CT molecular complexity index is 123. The topological polar surface area (TPSA) is 20.3 Å². The fourth-order valence-electron chi connectivity index (χ4n) is 1.15. The van der Waals surface area contributed by atoms with Gasteiger partial charge in [0.2, 0.25) is 5.91 Å². The molecule has 0 spiro atoms. The predicted molar refractivity (Wildman–Crippen MR) is 47.4 cm³/mol. The lowest BCUT2D eigenvalue weighted by atomic mass is 10.2. The first-order valence-corrected chi connectivity index (χ1v) is 4.40. The molecule has 0 aromatic carbocycles. The van der Waals surface area contributed by atoms with E-state index in [4.69, 9.17) is 0 Å². The fraction of sp³-hybridized carbons (Fsp3) is 0.889. The Labute approximate surface area is 69.6 Å². The van der Waals surface area contributed by atoms with E-state index in [0.717, 1.165) is 19.4 Å². The highest BCUT2D eigenvalue weighted by atomic mass is 16.2. The summed E-state index contributed by atoms with van der Waals surface area (Å²) in [5.41, 5.74) is 0. The molecule has 2 heteroatoms. The highest BCUT2D eigenvalue weighted by Gasteiger charge is 2.12. The van der Waals surface area contributed by atoms with Gasteiger partial charge in [-0.15, -0.1) is 0 Å². The van der Waals surface area contributed by atoms with Crippen LogP contribution in [0.3, 0.4) is 0 Å². The van der Waals surface area contributed by atoms with Crippen molar-refractivity contribution >= 4 is 5.91 Å². The van der Waals surface area contributed by atoms with Crippen LogP contribution in [0.25, 0.3) is 0 Å². The van der Waals surface area contributed by atoms with Gasteiger partial charge in [-0.3, -0.25) is 4.79 Å². The molecule has 0 aromatic heterocycles. The van der Waals surface area contributed by atoms with Crippen LogP contribution in [0.1, 0.15) is 40.5 Å². The van der Waals surface area contributed by atoms with Crippen LogP contribution in [0, 0.1) is 0 Å². The van der Waals surface area contributed by atoms with E-state index in [1.54, 1.807) is 6.92 Å². The molecule has 0 aliphatic carbocycles. The van der Waals surface area contributed by atoms with E-state index in [-0.39, 0.29) is 5.91 Å². The summed E-state index contributed by atoms with van der Waals surface area (Å²) in [4.78, 5) is 13.0. The third kappa shape index (κ3) is 3.40. The summed E-state index contributed by atoms with van der Waals surface area (Å²) >= 11 is 0. The number of nitrogens with zero attached hydrogens (tertiary/aromatic N) is 1. The smallest absolute Gasteiger partial charge is 0.219 e. The van der Waals surface area contributed by atoms with Gasteiger partial charge in [0.1, 0.15) is 0 Å². The zero-order valence-corrected chi connectivity index (χ0v) is 8.05. The number of carbonyl (C=O) groups excluding carboxylic acids is 1. The maximum atomic E-state index is 11.1. The molecule has 0 fully saturated rings. The summed E-state index contributed by atoms with van der Waals surface area (Å²) in [5, 5.41) is 0. The minimum Gasteiger partial charge on any atom is -0.340 e. The maximum absolute atomic E-state index is 11.1. The van der Waals surface area contributed by atoms with E-state index in [1.807, 2.05) is 4.90 Å². The van der Waals surface area contributed by atoms with Crippen molar-refractivity contribution < 1.29 is 4.79 Å². The van der Waals surface area contributed by atoms with Crippen LogP contribution in [0.4, 0.5) is 0 Å². The normalized spacial score (nSPS) is 12.7. The number of rotatable bonds is 4. The lowest BCUT2D eigenvalue weighted by molar-refractivity contribution is -0.130. The first-order chi connectivity index (χ1) is 5.13. The van der Waals surface area contributed by atoms with E-state index in [1.165, 1.54) is 0 Å². The van der Waals surface area contributed by atoms with Crippen LogP contribution in [-0.4, -0.2) is 23.4 Å². The van der Waals surface area contributed by atoms with Gasteiger partial charge in [-0.1, -0.05) is 13.8 Å². The minimum absolute atomic E-state index is 0.196. The Hall–Kier alpha value is -0.530. The van der Waals surface area contributed by atoms with Crippen molar-refractivity contribution in [3.8, 4) is 0 Å². The van der Waals surface area contributed by atoms with Crippen molar-refractivity contribution in [2.75, 3.05) is 6.54 Å². The molecule has 0 rings (SSSR count). The predicted octanol–water partition coefficient (Wildman–Crippen LogP) is 2.04. The number of hydrogen-bond acceptors (Lipinski definition) is 1. The van der Waals surface area contributed by atoms with Gasteiger partial charge in [-0.05, 0) is 19.8 Å². The Morgan fingerprint density at radius 3 is 2.27 bits per heavy atom. The fourth-order valence-corrected chi connectivity index (χ4v) is 1.15. The van der Waals surface area contributed by atoms with Crippen LogP contribution < -0.4 is 0 Å². The van der Waals surface area contributed by atoms with Crippen molar-refractivity contribution in [1.82, 2.24) is 4.90 Å². The molecular formula is C9H19NO. The first kappa shape index (κ1) is 10.5. The minimum atomic E-state index is 0.196. The van der Waals surface area contributed by atoms with Crippen molar-refractivity contribution in [2.24, 2.45) is 0 Å². The van der Waals surface area contributed by atoms with Gasteiger partial charge in [0.05, 0.1) is 0 Å². The van der Waals surface area contributed by atoms with E-state index >= 15 is 0 Å². The van der Waals surface area contributed by atoms with Gasteiger partial charge in [-0.25, -0.2) is 0 Å². The number of carbonyl (C=O) groups is 1. The molecule has 0 radical (unpaired) electrons. The van der Waals surface area contributed by atoms with Crippen molar-refractivity contribution in [3.05, 3.63) is 0 Å². The molecule has 0 aliphatic rings. The van der Waals surface area contributed by atoms with Crippen LogP contribution >= 0.6 is 0 Å². The van der Waals surface area contributed by atoms with E-state index in [0.29, 0.717) is 6.04 Å². The van der Waals surface area contributed by atoms with E-state index < -0.39 is 0 Å². The highest BCUT2D eigenvalue weighted by molar-refractivity contribution is 5.73. The van der Waals surface area contributed by atoms with E-state index in [9.17, 15) is 4.79 Å². The van der Waals surface area contributed by atoms with Gasteiger partial charge in [0, 0.05) is 19.5 Å². The third-order valence-corrected chi connectivity index (χ3v) is 1.99. The Morgan fingerprint density at radius 1 is 1.45 bits per heavy atom. The monoisotopic (exact) mass is 157 g/mol. The second kappa shape index (κ2) is 5.16. The van der Waals surface area contributed by atoms with Gasteiger partial charge in [-0.2, -0.15) is 0 Å². The first-order valence-electron chi connectivity index (χ1n) is 4.40.